The number of aromatic carboxylic acids is 1. The van der Waals surface area contributed by atoms with E-state index < -0.39 is 11.9 Å². The minimum absolute atomic E-state index is 0.0356. The van der Waals surface area contributed by atoms with Crippen molar-refractivity contribution in [1.29, 1.82) is 0 Å². The second kappa shape index (κ2) is 6.29. The Balaban J connectivity index is 3.03. The van der Waals surface area contributed by atoms with Gasteiger partial charge in [0.25, 0.3) is 0 Å². The molecular formula is C10H15N3O4S. The number of anilines is 1. The number of carboxylic acids is 1. The average Bonchev–Trinajstić information content (AvgIpc) is 2.56. The molecule has 0 aromatic carbocycles. The summed E-state index contributed by atoms with van der Waals surface area (Å²) >= 11 is 1.26. The summed E-state index contributed by atoms with van der Waals surface area (Å²) in [5, 5.41) is 13.4. The van der Waals surface area contributed by atoms with E-state index in [9.17, 15) is 9.59 Å². The highest BCUT2D eigenvalue weighted by Crippen LogP contribution is 2.26. The number of hydrogen-bond acceptors (Lipinski definition) is 6. The summed E-state index contributed by atoms with van der Waals surface area (Å²) in [5.74, 6) is -1.03. The van der Waals surface area contributed by atoms with Crippen LogP contribution >= 0.6 is 11.8 Å². The summed E-state index contributed by atoms with van der Waals surface area (Å²) in [4.78, 5) is 22.4. The minimum atomic E-state index is -1.15. The van der Waals surface area contributed by atoms with Gasteiger partial charge in [0.1, 0.15) is 23.0 Å². The van der Waals surface area contributed by atoms with E-state index >= 15 is 0 Å². The van der Waals surface area contributed by atoms with Crippen LogP contribution in [0.15, 0.2) is 5.03 Å². The second-order valence-electron chi connectivity index (χ2n) is 3.27. The predicted molar refractivity (Wildman–Crippen MR) is 66.6 cm³/mol. The molecule has 1 aromatic rings. The van der Waals surface area contributed by atoms with Crippen LogP contribution in [0.1, 0.15) is 24.2 Å². The quantitative estimate of drug-likeness (QED) is 0.584. The molecule has 0 fully saturated rings. The monoisotopic (exact) mass is 273 g/mol. The number of carboxylic acid groups (broad SMARTS) is 1. The fraction of sp³-hybridized carbons (Fsp3) is 0.500. The Morgan fingerprint density at radius 2 is 2.17 bits per heavy atom. The van der Waals surface area contributed by atoms with Crippen LogP contribution in [0.2, 0.25) is 0 Å². The molecule has 0 unspecified atom stereocenters. The van der Waals surface area contributed by atoms with Gasteiger partial charge < -0.3 is 15.6 Å². The maximum Gasteiger partial charge on any atom is 0.342 e. The van der Waals surface area contributed by atoms with Crippen LogP contribution in [0.25, 0.3) is 0 Å². The first-order valence-electron chi connectivity index (χ1n) is 5.39. The number of hydrogen-bond donors (Lipinski definition) is 2. The molecule has 0 saturated heterocycles. The standard InChI is InChI=1S/C10H15N3O4S/c1-3-17-6(14)5-13-8(11)7(10(15)16)9(12-13)18-4-2/h3-5,11H2,1-2H3,(H,15,16). The molecule has 0 aliphatic carbocycles. The van der Waals surface area contributed by atoms with Crippen LogP contribution in [0.5, 0.6) is 0 Å². The van der Waals surface area contributed by atoms with Gasteiger partial charge in [-0.15, -0.1) is 11.8 Å². The predicted octanol–water partition coefficient (Wildman–Crippen LogP) is 0.839. The highest BCUT2D eigenvalue weighted by Gasteiger charge is 2.22. The van der Waals surface area contributed by atoms with E-state index in [1.165, 1.54) is 11.8 Å². The molecule has 0 saturated carbocycles. The van der Waals surface area contributed by atoms with Gasteiger partial charge in [-0.3, -0.25) is 4.79 Å². The topological polar surface area (TPSA) is 107 Å². The lowest BCUT2D eigenvalue weighted by atomic mass is 10.3. The number of nitrogen functional groups attached to an aromatic ring is 1. The third kappa shape index (κ3) is 3.16. The fourth-order valence-corrected chi connectivity index (χ4v) is 2.11. The number of nitrogens with two attached hydrogens (primary N) is 1. The smallest absolute Gasteiger partial charge is 0.342 e. The van der Waals surface area contributed by atoms with Crippen molar-refractivity contribution in [2.75, 3.05) is 18.1 Å². The molecule has 1 rings (SSSR count). The molecule has 1 heterocycles. The third-order valence-corrected chi connectivity index (χ3v) is 2.89. The molecule has 18 heavy (non-hydrogen) atoms. The zero-order valence-corrected chi connectivity index (χ0v) is 11.0. The number of nitrogens with zero attached hydrogens (tertiary/aromatic N) is 2. The molecule has 0 aliphatic heterocycles. The lowest BCUT2D eigenvalue weighted by Crippen LogP contribution is -2.16. The normalized spacial score (nSPS) is 10.3. The van der Waals surface area contributed by atoms with Crippen LogP contribution in [0.3, 0.4) is 0 Å². The van der Waals surface area contributed by atoms with E-state index in [0.717, 1.165) is 4.68 Å². The maximum absolute atomic E-state index is 11.3. The summed E-state index contributed by atoms with van der Waals surface area (Å²) < 4.78 is 5.91. The maximum atomic E-state index is 11.3. The highest BCUT2D eigenvalue weighted by atomic mass is 32.2. The van der Waals surface area contributed by atoms with E-state index in [2.05, 4.69) is 5.10 Å². The molecule has 7 nitrogen and oxygen atoms in total. The summed E-state index contributed by atoms with van der Waals surface area (Å²) in [6.45, 7) is 3.62. The zero-order chi connectivity index (χ0) is 13.7. The first-order valence-corrected chi connectivity index (χ1v) is 6.37. The van der Waals surface area contributed by atoms with E-state index in [-0.39, 0.29) is 24.5 Å². The van der Waals surface area contributed by atoms with Crippen LogP contribution in [0.4, 0.5) is 5.82 Å². The molecule has 0 aliphatic rings. The van der Waals surface area contributed by atoms with Gasteiger partial charge >= 0.3 is 11.9 Å². The number of carbonyl (C=O) groups excluding carboxylic acids is 1. The van der Waals surface area contributed by atoms with Crippen LogP contribution in [-0.4, -0.2) is 39.2 Å². The van der Waals surface area contributed by atoms with E-state index in [1.54, 1.807) is 6.92 Å². The molecule has 0 amide bonds. The number of aromatic nitrogens is 2. The Hall–Kier alpha value is -1.70. The number of ether oxygens (including phenoxy) is 1. The van der Waals surface area contributed by atoms with Gasteiger partial charge in [-0.05, 0) is 12.7 Å². The van der Waals surface area contributed by atoms with E-state index in [4.69, 9.17) is 15.6 Å². The summed E-state index contributed by atoms with van der Waals surface area (Å²) in [6.07, 6.45) is 0. The Morgan fingerprint density at radius 3 is 2.67 bits per heavy atom. The van der Waals surface area contributed by atoms with Crippen molar-refractivity contribution >= 4 is 29.5 Å². The first-order chi connectivity index (χ1) is 8.51. The van der Waals surface area contributed by atoms with Gasteiger partial charge in [0.05, 0.1) is 6.61 Å². The molecule has 0 spiro atoms. The molecule has 3 N–H and O–H groups in total. The number of esters is 1. The summed E-state index contributed by atoms with van der Waals surface area (Å²) in [5.41, 5.74) is 5.61. The van der Waals surface area contributed by atoms with Gasteiger partial charge in [-0.1, -0.05) is 6.92 Å². The number of rotatable bonds is 6. The fourth-order valence-electron chi connectivity index (χ4n) is 1.34. The van der Waals surface area contributed by atoms with Crippen molar-refractivity contribution in [3.63, 3.8) is 0 Å². The van der Waals surface area contributed by atoms with Crippen LogP contribution in [-0.2, 0) is 16.1 Å². The first kappa shape index (κ1) is 14.4. The highest BCUT2D eigenvalue weighted by molar-refractivity contribution is 7.99. The lowest BCUT2D eigenvalue weighted by Gasteiger charge is -2.03. The van der Waals surface area contributed by atoms with Crippen molar-refractivity contribution in [1.82, 2.24) is 9.78 Å². The Bertz CT molecular complexity index is 458. The molecular weight excluding hydrogens is 258 g/mol. The van der Waals surface area contributed by atoms with Crippen molar-refractivity contribution in [2.24, 2.45) is 0 Å². The summed E-state index contributed by atoms with van der Waals surface area (Å²) in [6, 6.07) is 0. The SMILES string of the molecule is CCOC(=O)Cn1nc(SCC)c(C(=O)O)c1N. The number of carbonyl (C=O) groups is 2. The Morgan fingerprint density at radius 1 is 1.50 bits per heavy atom. The molecule has 0 atom stereocenters. The van der Waals surface area contributed by atoms with Crippen molar-refractivity contribution in [2.45, 2.75) is 25.4 Å². The third-order valence-electron chi connectivity index (χ3n) is 2.04. The van der Waals surface area contributed by atoms with Gasteiger partial charge in [0.15, 0.2) is 0 Å². The van der Waals surface area contributed by atoms with Gasteiger partial charge in [-0.25, -0.2) is 9.48 Å². The van der Waals surface area contributed by atoms with Gasteiger partial charge in [0.2, 0.25) is 0 Å². The van der Waals surface area contributed by atoms with Gasteiger partial charge in [-0.2, -0.15) is 5.10 Å². The van der Waals surface area contributed by atoms with E-state index in [0.29, 0.717) is 10.8 Å². The van der Waals surface area contributed by atoms with Crippen molar-refractivity contribution in [3.8, 4) is 0 Å². The Kier molecular flexibility index (Phi) is 5.02. The van der Waals surface area contributed by atoms with Crippen molar-refractivity contribution < 1.29 is 19.4 Å². The Labute approximate surface area is 108 Å². The van der Waals surface area contributed by atoms with Crippen LogP contribution in [0, 0.1) is 0 Å². The van der Waals surface area contributed by atoms with E-state index in [1.807, 2.05) is 6.92 Å². The van der Waals surface area contributed by atoms with Gasteiger partial charge in [0, 0.05) is 0 Å². The molecule has 8 heteroatoms. The summed E-state index contributed by atoms with van der Waals surface area (Å²) in [7, 11) is 0. The largest absolute Gasteiger partial charge is 0.477 e. The molecule has 100 valence electrons. The van der Waals surface area contributed by atoms with Crippen molar-refractivity contribution in [3.05, 3.63) is 5.56 Å². The second-order valence-corrected chi connectivity index (χ2v) is 4.52. The number of thioether (sulfide) groups is 1. The molecule has 0 radical (unpaired) electrons. The molecule has 1 aromatic heterocycles. The van der Waals surface area contributed by atoms with Crippen LogP contribution < -0.4 is 5.73 Å². The minimum Gasteiger partial charge on any atom is -0.477 e. The lowest BCUT2D eigenvalue weighted by molar-refractivity contribution is -0.144. The molecule has 0 bridgehead atoms. The zero-order valence-electron chi connectivity index (χ0n) is 10.2. The average molecular weight is 273 g/mol.